The molecule has 0 N–H and O–H groups in total. The lowest BCUT2D eigenvalue weighted by Crippen LogP contribution is -2.00. The zero-order valence-corrected chi connectivity index (χ0v) is 22.5. The molecule has 0 bridgehead atoms. The summed E-state index contributed by atoms with van der Waals surface area (Å²) < 4.78 is 57.4. The number of hydrogen-bond acceptors (Lipinski definition) is 3. The Morgan fingerprint density at radius 3 is 2.19 bits per heavy atom. The first-order chi connectivity index (χ1) is 20.0. The molecule has 3 aromatic heterocycles. The number of aromatic nitrogens is 2. The summed E-state index contributed by atoms with van der Waals surface area (Å²) in [6, 6.07) is 17.1. The van der Waals surface area contributed by atoms with Crippen LogP contribution in [0.1, 0.15) is 103 Å². The van der Waals surface area contributed by atoms with Crippen LogP contribution in [0.15, 0.2) is 65.2 Å². The van der Waals surface area contributed by atoms with Crippen molar-refractivity contribution in [3.63, 3.8) is 0 Å². The van der Waals surface area contributed by atoms with Crippen LogP contribution in [0.3, 0.4) is 0 Å². The first kappa shape index (κ1) is 18.7. The number of para-hydroxylation sites is 1. The molecule has 0 radical (unpaired) electrons. The molecule has 0 fully saturated rings. The summed E-state index contributed by atoms with van der Waals surface area (Å²) in [6.07, 6.45) is 2.31. The first-order valence-electron chi connectivity index (χ1n) is 16.0. The standard InChI is InChI=1S/C34H38N2O/c1-8-23(9-2)29-18-31(35-19-22(29)7)28-15-11-14-26-27-16-17-30(36-34(27)37-33(26)28)32-24(20(3)4)12-10-13-25(32)21(5)6/h10-21,23H,8-9H2,1-7H3/i7D3,20D,21D,23D. The third kappa shape index (κ3) is 4.45. The van der Waals surface area contributed by atoms with E-state index in [1.165, 1.54) is 6.20 Å². The molecule has 0 spiro atoms. The fraction of sp³-hybridized carbons (Fsp3) is 0.353. The second-order valence-corrected chi connectivity index (χ2v) is 9.99. The van der Waals surface area contributed by atoms with Crippen LogP contribution >= 0.6 is 0 Å². The molecule has 0 aliphatic carbocycles. The molecule has 0 saturated carbocycles. The van der Waals surface area contributed by atoms with Gasteiger partial charge < -0.3 is 4.42 Å². The van der Waals surface area contributed by atoms with Gasteiger partial charge in [0.1, 0.15) is 5.58 Å². The average Bonchev–Trinajstić information content (AvgIpc) is 3.32. The summed E-state index contributed by atoms with van der Waals surface area (Å²) in [7, 11) is 0. The fourth-order valence-electron chi connectivity index (χ4n) is 5.21. The Morgan fingerprint density at radius 2 is 1.54 bits per heavy atom. The highest BCUT2D eigenvalue weighted by molar-refractivity contribution is 6.08. The lowest BCUT2D eigenvalue weighted by atomic mass is 9.87. The summed E-state index contributed by atoms with van der Waals surface area (Å²) in [5.74, 6) is -2.90. The van der Waals surface area contributed by atoms with Crippen LogP contribution in [-0.4, -0.2) is 9.97 Å². The molecule has 3 heterocycles. The molecule has 0 aliphatic rings. The van der Waals surface area contributed by atoms with Crippen molar-refractivity contribution in [1.29, 1.82) is 0 Å². The van der Waals surface area contributed by atoms with E-state index in [9.17, 15) is 0 Å². The van der Waals surface area contributed by atoms with Gasteiger partial charge in [0.05, 0.1) is 11.4 Å². The number of pyridine rings is 2. The number of nitrogens with zero attached hydrogens (tertiary/aromatic N) is 2. The van der Waals surface area contributed by atoms with Gasteiger partial charge in [0.15, 0.2) is 0 Å². The molecular weight excluding hydrogens is 452 g/mol. The number of benzene rings is 2. The first-order valence-corrected chi connectivity index (χ1v) is 13.0. The molecule has 2 aromatic carbocycles. The van der Waals surface area contributed by atoms with Gasteiger partial charge in [0.2, 0.25) is 5.71 Å². The van der Waals surface area contributed by atoms with Crippen molar-refractivity contribution in [1.82, 2.24) is 9.97 Å². The van der Waals surface area contributed by atoms with Crippen LogP contribution in [0, 0.1) is 6.85 Å². The van der Waals surface area contributed by atoms with Crippen molar-refractivity contribution in [2.45, 2.75) is 78.9 Å². The van der Waals surface area contributed by atoms with Crippen LogP contribution in [0.2, 0.25) is 0 Å². The van der Waals surface area contributed by atoms with E-state index < -0.39 is 24.5 Å². The summed E-state index contributed by atoms with van der Waals surface area (Å²) >= 11 is 0. The number of hydrogen-bond donors (Lipinski definition) is 0. The van der Waals surface area contributed by atoms with Crippen LogP contribution < -0.4 is 0 Å². The van der Waals surface area contributed by atoms with Gasteiger partial charge in [-0.1, -0.05) is 71.9 Å². The lowest BCUT2D eigenvalue weighted by molar-refractivity contribution is 0.637. The summed E-state index contributed by atoms with van der Waals surface area (Å²) in [4.78, 5) is 9.49. The van der Waals surface area contributed by atoms with E-state index >= 15 is 0 Å². The maximum Gasteiger partial charge on any atom is 0.227 e. The summed E-state index contributed by atoms with van der Waals surface area (Å²) in [5, 5.41) is 1.65. The molecular formula is C34H38N2O. The summed E-state index contributed by atoms with van der Waals surface area (Å²) in [6.45, 7) is 8.74. The van der Waals surface area contributed by atoms with Gasteiger partial charge in [-0.3, -0.25) is 4.98 Å². The minimum atomic E-state index is -2.39. The Morgan fingerprint density at radius 1 is 0.838 bits per heavy atom. The van der Waals surface area contributed by atoms with Gasteiger partial charge >= 0.3 is 0 Å². The monoisotopic (exact) mass is 496 g/mol. The van der Waals surface area contributed by atoms with Gasteiger partial charge in [-0.2, -0.15) is 0 Å². The van der Waals surface area contributed by atoms with Gasteiger partial charge in [0, 0.05) is 36.3 Å². The predicted molar refractivity (Wildman–Crippen MR) is 156 cm³/mol. The fourth-order valence-corrected chi connectivity index (χ4v) is 5.21. The molecule has 0 amide bonds. The molecule has 3 nitrogen and oxygen atoms in total. The van der Waals surface area contributed by atoms with Crippen molar-refractivity contribution in [2.75, 3.05) is 0 Å². The van der Waals surface area contributed by atoms with Crippen LogP contribution in [-0.2, 0) is 0 Å². The predicted octanol–water partition coefficient (Wildman–Crippen LogP) is 10.2. The Hall–Kier alpha value is -3.46. The number of furan rings is 1. The van der Waals surface area contributed by atoms with E-state index in [2.05, 4.69) is 4.98 Å². The van der Waals surface area contributed by atoms with Crippen molar-refractivity contribution in [3.8, 4) is 22.5 Å². The smallest absolute Gasteiger partial charge is 0.227 e. The van der Waals surface area contributed by atoms with E-state index in [1.54, 1.807) is 6.07 Å². The topological polar surface area (TPSA) is 38.9 Å². The Labute approximate surface area is 229 Å². The second-order valence-electron chi connectivity index (χ2n) is 9.99. The average molecular weight is 497 g/mol. The zero-order chi connectivity index (χ0) is 31.5. The van der Waals surface area contributed by atoms with E-state index in [4.69, 9.17) is 17.6 Å². The third-order valence-corrected chi connectivity index (χ3v) is 7.18. The van der Waals surface area contributed by atoms with Gasteiger partial charge in [-0.25, -0.2) is 4.98 Å². The maximum absolute atomic E-state index is 9.08. The number of fused-ring (bicyclic) bond motifs is 3. The van der Waals surface area contributed by atoms with E-state index in [-0.39, 0.29) is 5.56 Å². The minimum Gasteiger partial charge on any atom is -0.437 e. The highest BCUT2D eigenvalue weighted by atomic mass is 16.3. The number of rotatable bonds is 7. The molecule has 0 unspecified atom stereocenters. The highest BCUT2D eigenvalue weighted by Gasteiger charge is 2.20. The largest absolute Gasteiger partial charge is 0.437 e. The van der Waals surface area contributed by atoms with E-state index in [0.717, 1.165) is 27.5 Å². The molecule has 190 valence electrons. The molecule has 0 aliphatic heterocycles. The minimum absolute atomic E-state index is 0.0992. The Balaban J connectivity index is 1.74. The van der Waals surface area contributed by atoms with E-state index in [0.29, 0.717) is 46.7 Å². The summed E-state index contributed by atoms with van der Waals surface area (Å²) in [5.41, 5.74) is 5.73. The van der Waals surface area contributed by atoms with Gasteiger partial charge in [0.25, 0.3) is 0 Å². The number of aryl methyl sites for hydroxylation is 1. The van der Waals surface area contributed by atoms with Gasteiger partial charge in [-0.15, -0.1) is 0 Å². The second kappa shape index (κ2) is 10.1. The van der Waals surface area contributed by atoms with Crippen molar-refractivity contribution in [3.05, 3.63) is 83.0 Å². The third-order valence-electron chi connectivity index (χ3n) is 7.18. The molecule has 0 saturated heterocycles. The molecule has 5 aromatic rings. The van der Waals surface area contributed by atoms with Gasteiger partial charge in [-0.05, 0) is 83.9 Å². The highest BCUT2D eigenvalue weighted by Crippen LogP contribution is 2.39. The van der Waals surface area contributed by atoms with Crippen molar-refractivity contribution < 1.29 is 12.6 Å². The maximum atomic E-state index is 9.08. The van der Waals surface area contributed by atoms with Crippen molar-refractivity contribution >= 4 is 22.1 Å². The van der Waals surface area contributed by atoms with Crippen molar-refractivity contribution in [2.24, 2.45) is 0 Å². The van der Waals surface area contributed by atoms with Crippen LogP contribution in [0.25, 0.3) is 44.6 Å². The molecule has 0 atom stereocenters. The SMILES string of the molecule is [2H]C([2H])([2H])c1cnc(-c2cccc3c2oc2nc(-c4c(C([2H])(C)C)cccc4C([2H])(C)C)ccc23)cc1C([2H])(CC)CC. The van der Waals surface area contributed by atoms with Crippen LogP contribution in [0.5, 0.6) is 0 Å². The zero-order valence-electron chi connectivity index (χ0n) is 28.5. The Kier molecular flexibility index (Phi) is 5.13. The Bertz CT molecular complexity index is 1790. The molecule has 37 heavy (non-hydrogen) atoms. The molecule has 5 rings (SSSR count). The normalized spacial score (nSPS) is 15.6. The molecule has 3 heteroatoms. The van der Waals surface area contributed by atoms with E-state index in [1.807, 2.05) is 90.1 Å². The van der Waals surface area contributed by atoms with Crippen LogP contribution in [0.4, 0.5) is 0 Å². The lowest BCUT2D eigenvalue weighted by Gasteiger charge is -2.19. The quantitative estimate of drug-likeness (QED) is 0.225.